The smallest absolute Gasteiger partial charge is 0.255 e. The zero-order valence-corrected chi connectivity index (χ0v) is 15.2. The molecule has 0 unspecified atom stereocenters. The first-order chi connectivity index (χ1) is 12.6. The number of carbonyl (C=O) groups excluding carboxylic acids is 2. The van der Waals surface area contributed by atoms with Crippen LogP contribution in [0.15, 0.2) is 42.5 Å². The molecule has 0 aliphatic carbocycles. The molecule has 0 atom stereocenters. The molecule has 2 aromatic carbocycles. The lowest BCUT2D eigenvalue weighted by molar-refractivity contribution is -0.122. The Kier molecular flexibility index (Phi) is 5.68. The summed E-state index contributed by atoms with van der Waals surface area (Å²) in [5, 5.41) is 2.92. The molecule has 0 bridgehead atoms. The number of benzene rings is 2. The van der Waals surface area contributed by atoms with E-state index in [9.17, 15) is 9.59 Å². The summed E-state index contributed by atoms with van der Waals surface area (Å²) in [5.41, 5.74) is 4.49. The van der Waals surface area contributed by atoms with Crippen molar-refractivity contribution in [3.8, 4) is 0 Å². The molecule has 1 aliphatic rings. The van der Waals surface area contributed by atoms with E-state index in [0.717, 1.165) is 30.5 Å². The predicted octanol–water partition coefficient (Wildman–Crippen LogP) is 3.43. The van der Waals surface area contributed by atoms with Crippen molar-refractivity contribution in [1.82, 2.24) is 0 Å². The Labute approximate surface area is 154 Å². The van der Waals surface area contributed by atoms with Gasteiger partial charge in [-0.1, -0.05) is 31.5 Å². The van der Waals surface area contributed by atoms with Crippen LogP contribution in [-0.4, -0.2) is 32.1 Å². The normalized spacial score (nSPS) is 12.8. The Hall–Kier alpha value is -2.66. The predicted molar refractivity (Wildman–Crippen MR) is 103 cm³/mol. The number of hydrogen-bond donors (Lipinski definition) is 1. The molecule has 26 heavy (non-hydrogen) atoms. The first-order valence-corrected chi connectivity index (χ1v) is 8.95. The van der Waals surface area contributed by atoms with Crippen LogP contribution in [0.3, 0.4) is 0 Å². The number of ether oxygens (including phenoxy) is 1. The molecule has 0 spiro atoms. The average Bonchev–Trinajstić information content (AvgIpc) is 3.06. The number of fused-ring (bicyclic) bond motifs is 1. The van der Waals surface area contributed by atoms with Crippen molar-refractivity contribution in [3.05, 3.63) is 59.2 Å². The van der Waals surface area contributed by atoms with Crippen molar-refractivity contribution in [2.24, 2.45) is 0 Å². The van der Waals surface area contributed by atoms with Crippen LogP contribution in [-0.2, 0) is 22.4 Å². The Morgan fingerprint density at radius 2 is 1.92 bits per heavy atom. The van der Waals surface area contributed by atoms with E-state index in [2.05, 4.69) is 12.2 Å². The van der Waals surface area contributed by atoms with Crippen molar-refractivity contribution >= 4 is 23.2 Å². The number of aryl methyl sites for hydroxylation is 1. The summed E-state index contributed by atoms with van der Waals surface area (Å²) in [6.07, 6.45) is 2.91. The number of carbonyl (C=O) groups is 2. The van der Waals surface area contributed by atoms with Crippen molar-refractivity contribution in [3.63, 3.8) is 0 Å². The lowest BCUT2D eigenvalue weighted by Crippen LogP contribution is -2.32. The molecule has 1 N–H and O–H groups in total. The number of nitrogens with one attached hydrogen (secondary N) is 1. The SMILES string of the molecule is CCCc1ccc(C(=O)Nc2ccc3c(c2)N(C(=O)COC)CC3)cc1. The third-order valence-corrected chi connectivity index (χ3v) is 4.56. The molecule has 5 nitrogen and oxygen atoms in total. The van der Waals surface area contributed by atoms with Gasteiger partial charge in [-0.25, -0.2) is 0 Å². The lowest BCUT2D eigenvalue weighted by atomic mass is 10.1. The largest absolute Gasteiger partial charge is 0.375 e. The second kappa shape index (κ2) is 8.15. The molecule has 3 rings (SSSR count). The van der Waals surface area contributed by atoms with E-state index in [-0.39, 0.29) is 18.4 Å². The van der Waals surface area contributed by atoms with E-state index in [1.165, 1.54) is 12.7 Å². The van der Waals surface area contributed by atoms with Gasteiger partial charge in [-0.05, 0) is 48.2 Å². The zero-order chi connectivity index (χ0) is 18.5. The van der Waals surface area contributed by atoms with Crippen molar-refractivity contribution in [2.45, 2.75) is 26.2 Å². The summed E-state index contributed by atoms with van der Waals surface area (Å²) >= 11 is 0. The van der Waals surface area contributed by atoms with E-state index in [1.54, 1.807) is 4.90 Å². The molecule has 2 aromatic rings. The Morgan fingerprint density at radius 1 is 1.15 bits per heavy atom. The van der Waals surface area contributed by atoms with Gasteiger partial charge >= 0.3 is 0 Å². The summed E-state index contributed by atoms with van der Waals surface area (Å²) in [5.74, 6) is -0.220. The molecule has 0 saturated carbocycles. The molecule has 2 amide bonds. The molecule has 1 aliphatic heterocycles. The Bertz CT molecular complexity index is 799. The summed E-state index contributed by atoms with van der Waals surface area (Å²) in [7, 11) is 1.51. The molecule has 0 radical (unpaired) electrons. The highest BCUT2D eigenvalue weighted by atomic mass is 16.5. The van der Waals surface area contributed by atoms with Crippen LogP contribution in [0.1, 0.15) is 34.8 Å². The number of anilines is 2. The number of amides is 2. The topological polar surface area (TPSA) is 58.6 Å². The maximum atomic E-state index is 12.5. The quantitative estimate of drug-likeness (QED) is 0.866. The molecular formula is C21H24N2O3. The number of methoxy groups -OCH3 is 1. The van der Waals surface area contributed by atoms with Crippen molar-refractivity contribution < 1.29 is 14.3 Å². The van der Waals surface area contributed by atoms with Crippen LogP contribution in [0.4, 0.5) is 11.4 Å². The molecule has 1 heterocycles. The van der Waals surface area contributed by atoms with E-state index in [1.807, 2.05) is 42.5 Å². The fraction of sp³-hybridized carbons (Fsp3) is 0.333. The molecule has 136 valence electrons. The van der Waals surface area contributed by atoms with Crippen LogP contribution in [0.25, 0.3) is 0 Å². The van der Waals surface area contributed by atoms with E-state index in [4.69, 9.17) is 4.74 Å². The standard InChI is InChI=1S/C21H24N2O3/c1-3-4-15-5-7-17(8-6-15)21(25)22-18-10-9-16-11-12-23(19(16)13-18)20(24)14-26-2/h5-10,13H,3-4,11-12,14H2,1-2H3,(H,22,25). The minimum atomic E-state index is -0.152. The highest BCUT2D eigenvalue weighted by Gasteiger charge is 2.24. The van der Waals surface area contributed by atoms with Gasteiger partial charge in [-0.3, -0.25) is 9.59 Å². The Morgan fingerprint density at radius 3 is 2.62 bits per heavy atom. The van der Waals surface area contributed by atoms with Crippen molar-refractivity contribution in [1.29, 1.82) is 0 Å². The van der Waals surface area contributed by atoms with Gasteiger partial charge in [-0.15, -0.1) is 0 Å². The number of nitrogens with zero attached hydrogens (tertiary/aromatic N) is 1. The highest BCUT2D eigenvalue weighted by Crippen LogP contribution is 2.31. The van der Waals surface area contributed by atoms with Gasteiger partial charge in [0, 0.05) is 30.6 Å². The second-order valence-corrected chi connectivity index (χ2v) is 6.47. The van der Waals surface area contributed by atoms with Gasteiger partial charge in [0.1, 0.15) is 6.61 Å². The molecule has 0 fully saturated rings. The highest BCUT2D eigenvalue weighted by molar-refractivity contribution is 6.05. The molecule has 0 saturated heterocycles. The summed E-state index contributed by atoms with van der Waals surface area (Å²) in [4.78, 5) is 26.4. The zero-order valence-electron chi connectivity index (χ0n) is 15.2. The minimum absolute atomic E-state index is 0.0557. The van der Waals surface area contributed by atoms with E-state index >= 15 is 0 Å². The third-order valence-electron chi connectivity index (χ3n) is 4.56. The van der Waals surface area contributed by atoms with Crippen LogP contribution in [0.2, 0.25) is 0 Å². The summed E-state index contributed by atoms with van der Waals surface area (Å²) in [6, 6.07) is 13.4. The maximum absolute atomic E-state index is 12.5. The third kappa shape index (κ3) is 3.94. The fourth-order valence-corrected chi connectivity index (χ4v) is 3.23. The molecule has 0 aromatic heterocycles. The van der Waals surface area contributed by atoms with Gasteiger partial charge in [0.05, 0.1) is 0 Å². The number of rotatable bonds is 6. The molecular weight excluding hydrogens is 328 g/mol. The van der Waals surface area contributed by atoms with E-state index < -0.39 is 0 Å². The van der Waals surface area contributed by atoms with Gasteiger partial charge in [0.15, 0.2) is 0 Å². The maximum Gasteiger partial charge on any atom is 0.255 e. The number of hydrogen-bond acceptors (Lipinski definition) is 3. The first kappa shape index (κ1) is 18.1. The molecule has 5 heteroatoms. The lowest BCUT2D eigenvalue weighted by Gasteiger charge is -2.17. The first-order valence-electron chi connectivity index (χ1n) is 8.95. The van der Waals surface area contributed by atoms with Crippen LogP contribution < -0.4 is 10.2 Å². The van der Waals surface area contributed by atoms with Gasteiger partial charge < -0.3 is 15.0 Å². The minimum Gasteiger partial charge on any atom is -0.375 e. The van der Waals surface area contributed by atoms with Gasteiger partial charge in [-0.2, -0.15) is 0 Å². The van der Waals surface area contributed by atoms with Crippen LogP contribution in [0.5, 0.6) is 0 Å². The van der Waals surface area contributed by atoms with Crippen LogP contribution >= 0.6 is 0 Å². The second-order valence-electron chi connectivity index (χ2n) is 6.47. The fourth-order valence-electron chi connectivity index (χ4n) is 3.23. The van der Waals surface area contributed by atoms with Gasteiger partial charge in [0.25, 0.3) is 11.8 Å². The monoisotopic (exact) mass is 352 g/mol. The summed E-state index contributed by atoms with van der Waals surface area (Å²) < 4.78 is 4.95. The van der Waals surface area contributed by atoms with Crippen LogP contribution in [0, 0.1) is 0 Å². The Balaban J connectivity index is 1.73. The summed E-state index contributed by atoms with van der Waals surface area (Å²) in [6.45, 7) is 2.84. The van der Waals surface area contributed by atoms with Gasteiger partial charge in [0.2, 0.25) is 0 Å². The van der Waals surface area contributed by atoms with Crippen molar-refractivity contribution in [2.75, 3.05) is 30.5 Å². The van der Waals surface area contributed by atoms with E-state index in [0.29, 0.717) is 17.8 Å². The average molecular weight is 352 g/mol.